The summed E-state index contributed by atoms with van der Waals surface area (Å²) in [6.45, 7) is 0. The molecule has 1 aromatic carbocycles. The molecule has 1 rings (SSSR count). The summed E-state index contributed by atoms with van der Waals surface area (Å²) in [6, 6.07) is 4.11. The fourth-order valence-electron chi connectivity index (χ4n) is 1.07. The Morgan fingerprint density at radius 3 is 2.40 bits per heavy atom. The first-order valence-corrected chi connectivity index (χ1v) is 4.85. The molecule has 0 heterocycles. The largest absolute Gasteiger partial charge is 0.451 e. The highest BCUT2D eigenvalue weighted by molar-refractivity contribution is 6.42. The Labute approximate surface area is 97.7 Å². The lowest BCUT2D eigenvalue weighted by molar-refractivity contribution is -0.0537. The number of primary amides is 1. The molecule has 0 saturated heterocycles. The van der Waals surface area contributed by atoms with Gasteiger partial charge in [-0.3, -0.25) is 0 Å². The van der Waals surface area contributed by atoms with E-state index in [2.05, 4.69) is 0 Å². The minimum atomic E-state index is -0.643. The van der Waals surface area contributed by atoms with Crippen molar-refractivity contribution in [1.82, 2.24) is 4.65 Å². The summed E-state index contributed by atoms with van der Waals surface area (Å²) in [7, 11) is 2.90. The normalized spacial score (nSPS) is 14.7. The van der Waals surface area contributed by atoms with Gasteiger partial charge in [-0.1, -0.05) is 27.8 Å². The average molecular weight is 250 g/mol. The van der Waals surface area contributed by atoms with Crippen LogP contribution >= 0.6 is 23.2 Å². The maximum Gasteiger partial charge on any atom is 0.451 e. The Bertz CT molecular complexity index is 398. The molecule has 0 aromatic heterocycles. The number of quaternary nitrogens is 1. The molecule has 0 aliphatic carbocycles. The molecule has 6 heteroatoms. The molecule has 2 N–H and O–H groups in total. The van der Waals surface area contributed by atoms with Gasteiger partial charge in [0.05, 0.1) is 17.2 Å². The average Bonchev–Trinajstić information content (AvgIpc) is 2.20. The van der Waals surface area contributed by atoms with Crippen LogP contribution in [0.15, 0.2) is 18.2 Å². The van der Waals surface area contributed by atoms with Crippen molar-refractivity contribution in [3.05, 3.63) is 28.2 Å². The molecule has 0 aliphatic heterocycles. The zero-order valence-electron chi connectivity index (χ0n) is 8.33. The van der Waals surface area contributed by atoms with E-state index in [1.165, 1.54) is 20.2 Å². The third kappa shape index (κ3) is 2.23. The summed E-state index contributed by atoms with van der Waals surface area (Å²) in [4.78, 5) is 16.3. The monoisotopic (exact) mass is 249 g/mol. The molecule has 15 heavy (non-hydrogen) atoms. The molecule has 1 unspecified atom stereocenters. The summed E-state index contributed by atoms with van der Waals surface area (Å²) < 4.78 is -0.489. The van der Waals surface area contributed by atoms with E-state index in [1.807, 2.05) is 0 Å². The summed E-state index contributed by atoms with van der Waals surface area (Å²) in [5.41, 5.74) is 5.75. The molecule has 2 amide bonds. The Balaban J connectivity index is 3.25. The first-order valence-electron chi connectivity index (χ1n) is 4.09. The van der Waals surface area contributed by atoms with Crippen LogP contribution in [0.2, 0.25) is 10.0 Å². The lowest BCUT2D eigenvalue weighted by Gasteiger charge is -2.24. The molecular weight excluding hydrogens is 239 g/mol. The van der Waals surface area contributed by atoms with E-state index >= 15 is 0 Å². The van der Waals surface area contributed by atoms with E-state index in [-0.39, 0.29) is 0 Å². The van der Waals surface area contributed by atoms with Gasteiger partial charge in [-0.15, -0.1) is 0 Å². The number of carbonyl (C=O) groups is 1. The number of hydroxylamine groups is 2. The van der Waals surface area contributed by atoms with Gasteiger partial charge in [0.1, 0.15) is 7.05 Å². The van der Waals surface area contributed by atoms with Crippen LogP contribution in [0.25, 0.3) is 0 Å². The molecule has 0 bridgehead atoms. The first kappa shape index (κ1) is 12.3. The van der Waals surface area contributed by atoms with Crippen molar-refractivity contribution in [2.75, 3.05) is 14.2 Å². The molecule has 0 aliphatic rings. The minimum Gasteiger partial charge on any atom is -0.316 e. The highest BCUT2D eigenvalue weighted by atomic mass is 35.5. The van der Waals surface area contributed by atoms with E-state index in [9.17, 15) is 4.79 Å². The molecular formula is C9H11Cl2N2O2+. The van der Waals surface area contributed by atoms with Gasteiger partial charge >= 0.3 is 6.03 Å². The molecule has 1 atom stereocenters. The van der Waals surface area contributed by atoms with Crippen LogP contribution in [0.3, 0.4) is 0 Å². The Morgan fingerprint density at radius 2 is 2.00 bits per heavy atom. The molecule has 82 valence electrons. The number of urea groups is 1. The number of amides is 2. The number of halogens is 2. The third-order valence-electron chi connectivity index (χ3n) is 2.18. The summed E-state index contributed by atoms with van der Waals surface area (Å²) in [6.07, 6.45) is 0. The van der Waals surface area contributed by atoms with Gasteiger partial charge in [-0.05, 0) is 6.07 Å². The molecule has 0 fully saturated rings. The first-order chi connectivity index (χ1) is 6.91. The third-order valence-corrected chi connectivity index (χ3v) is 2.92. The van der Waals surface area contributed by atoms with Crippen LogP contribution in [0.4, 0.5) is 10.5 Å². The van der Waals surface area contributed by atoms with Gasteiger partial charge in [0.25, 0.3) is 0 Å². The Kier molecular flexibility index (Phi) is 3.57. The van der Waals surface area contributed by atoms with Crippen LogP contribution < -0.4 is 10.4 Å². The second kappa shape index (κ2) is 4.37. The van der Waals surface area contributed by atoms with E-state index in [0.717, 1.165) is 0 Å². The number of benzene rings is 1. The van der Waals surface area contributed by atoms with Gasteiger partial charge in [0.2, 0.25) is 0 Å². The molecule has 1 aromatic rings. The Hall–Kier alpha value is -0.810. The molecule has 0 radical (unpaired) electrons. The van der Waals surface area contributed by atoms with E-state index in [0.29, 0.717) is 15.7 Å². The summed E-state index contributed by atoms with van der Waals surface area (Å²) >= 11 is 11.6. The fraction of sp³-hybridized carbons (Fsp3) is 0.222. The topological polar surface area (TPSA) is 52.3 Å². The predicted octanol–water partition coefficient (Wildman–Crippen LogP) is 2.57. The maximum absolute atomic E-state index is 11.2. The predicted molar refractivity (Wildman–Crippen MR) is 60.8 cm³/mol. The molecule has 0 spiro atoms. The number of nitrogens with zero attached hydrogens (tertiary/aromatic N) is 1. The van der Waals surface area contributed by atoms with E-state index in [4.69, 9.17) is 33.8 Å². The van der Waals surface area contributed by atoms with E-state index in [1.54, 1.807) is 12.1 Å². The minimum absolute atomic E-state index is 0.344. The SMILES string of the molecule is CO[N+](C)(C(N)=O)c1ccc(Cl)c(Cl)c1. The fourth-order valence-corrected chi connectivity index (χ4v) is 1.37. The van der Waals surface area contributed by atoms with Crippen LogP contribution in [0.1, 0.15) is 0 Å². The van der Waals surface area contributed by atoms with Crippen molar-refractivity contribution in [3.8, 4) is 0 Å². The summed E-state index contributed by atoms with van der Waals surface area (Å²) in [5.74, 6) is 0. The number of hydrogen-bond donors (Lipinski definition) is 1. The van der Waals surface area contributed by atoms with Crippen molar-refractivity contribution in [2.24, 2.45) is 5.73 Å². The van der Waals surface area contributed by atoms with Gasteiger partial charge < -0.3 is 5.73 Å². The molecule has 0 saturated carbocycles. The zero-order chi connectivity index (χ0) is 11.6. The highest BCUT2D eigenvalue weighted by Gasteiger charge is 2.34. The van der Waals surface area contributed by atoms with Crippen LogP contribution in [0.5, 0.6) is 0 Å². The van der Waals surface area contributed by atoms with Crippen LogP contribution in [-0.2, 0) is 4.84 Å². The lowest BCUT2D eigenvalue weighted by Crippen LogP contribution is -2.52. The van der Waals surface area contributed by atoms with Crippen molar-refractivity contribution < 1.29 is 9.63 Å². The second-order valence-electron chi connectivity index (χ2n) is 3.04. The Morgan fingerprint density at radius 1 is 1.40 bits per heavy atom. The lowest BCUT2D eigenvalue weighted by atomic mass is 10.3. The van der Waals surface area contributed by atoms with Crippen molar-refractivity contribution in [3.63, 3.8) is 0 Å². The number of carbonyl (C=O) groups excluding carboxylic acids is 1. The van der Waals surface area contributed by atoms with Gasteiger partial charge in [-0.25, -0.2) is 4.79 Å². The standard InChI is InChI=1S/C9H10Cl2N2O2/c1-13(15-2,9(12)14)6-3-4-7(10)8(11)5-6/h3-5H,1-2H3,(H-,12,14)/p+1. The van der Waals surface area contributed by atoms with E-state index < -0.39 is 10.7 Å². The number of hydrogen-bond acceptors (Lipinski definition) is 2. The van der Waals surface area contributed by atoms with Gasteiger partial charge in [-0.2, -0.15) is 4.84 Å². The van der Waals surface area contributed by atoms with Crippen LogP contribution in [0, 0.1) is 0 Å². The number of nitrogens with two attached hydrogens (primary N) is 1. The maximum atomic E-state index is 11.2. The van der Waals surface area contributed by atoms with Crippen molar-refractivity contribution in [1.29, 1.82) is 0 Å². The summed E-state index contributed by atoms with van der Waals surface area (Å²) in [5, 5.41) is 0.754. The number of rotatable bonds is 2. The highest BCUT2D eigenvalue weighted by Crippen LogP contribution is 2.29. The quantitative estimate of drug-likeness (QED) is 0.647. The van der Waals surface area contributed by atoms with Gasteiger partial charge in [0, 0.05) is 12.1 Å². The van der Waals surface area contributed by atoms with Gasteiger partial charge in [0.15, 0.2) is 5.69 Å². The van der Waals surface area contributed by atoms with Crippen LogP contribution in [-0.4, -0.2) is 20.2 Å². The zero-order valence-corrected chi connectivity index (χ0v) is 9.84. The van der Waals surface area contributed by atoms with Crippen molar-refractivity contribution in [2.45, 2.75) is 0 Å². The van der Waals surface area contributed by atoms with Crippen molar-refractivity contribution >= 4 is 34.9 Å². The smallest absolute Gasteiger partial charge is 0.316 e. The second-order valence-corrected chi connectivity index (χ2v) is 3.86. The molecule has 4 nitrogen and oxygen atoms in total.